The van der Waals surface area contributed by atoms with Gasteiger partial charge in [-0.05, 0) is 148 Å². The minimum absolute atomic E-state index is 0.0116. The molecule has 0 amide bonds. The first-order valence-corrected chi connectivity index (χ1v) is 31.3. The normalized spacial score (nSPS) is 13.3. The monoisotopic (exact) mass is 1210 g/mol. The van der Waals surface area contributed by atoms with E-state index in [1.807, 2.05) is 206 Å². The van der Waals surface area contributed by atoms with Crippen molar-refractivity contribution in [2.45, 2.75) is 76.8 Å². The van der Waals surface area contributed by atoms with Crippen LogP contribution in [0.4, 0.5) is 0 Å². The molecule has 2 N–H and O–H groups in total. The first-order valence-electron chi connectivity index (χ1n) is 31.3. The lowest BCUT2D eigenvalue weighted by molar-refractivity contribution is -0.200. The molecule has 12 nitrogen and oxygen atoms in total. The van der Waals surface area contributed by atoms with Gasteiger partial charge in [0.25, 0.3) is 0 Å². The minimum Gasteiger partial charge on any atom is -0.481 e. The van der Waals surface area contributed by atoms with Crippen LogP contribution in [0.2, 0.25) is 0 Å². The zero-order valence-electron chi connectivity index (χ0n) is 51.1. The summed E-state index contributed by atoms with van der Waals surface area (Å²) in [5.41, 5.74) is 0.908. The first kappa shape index (κ1) is 61.7. The molecule has 0 saturated heterocycles. The van der Waals surface area contributed by atoms with E-state index in [4.69, 9.17) is 28.4 Å². The average molecular weight is 1210 g/mol. The van der Waals surface area contributed by atoms with E-state index in [1.54, 1.807) is 13.8 Å². The lowest BCUT2D eigenvalue weighted by atomic mass is 9.65. The Kier molecular flexibility index (Phi) is 19.0. The summed E-state index contributed by atoms with van der Waals surface area (Å²) in [7, 11) is 0. The number of carbonyl (C=O) groups excluding carboxylic acids is 2. The third-order valence-electron chi connectivity index (χ3n) is 17.8. The van der Waals surface area contributed by atoms with Crippen molar-refractivity contribution in [2.24, 2.45) is 5.41 Å². The molecule has 12 heteroatoms. The van der Waals surface area contributed by atoms with E-state index in [0.717, 1.165) is 75.8 Å². The summed E-state index contributed by atoms with van der Waals surface area (Å²) in [4.78, 5) is 57.7. The molecular weight excluding hydrogens is 1140 g/mol. The zero-order valence-corrected chi connectivity index (χ0v) is 51.1. The number of carboxylic acids is 2. The molecule has 0 aliphatic carbocycles. The molecule has 0 radical (unpaired) electrons. The van der Waals surface area contributed by atoms with Crippen molar-refractivity contribution in [3.8, 4) is 0 Å². The third kappa shape index (κ3) is 12.8. The molecule has 12 aromatic carbocycles. The molecule has 12 aromatic rings. The smallest absolute Gasteiger partial charge is 0.313 e. The number of ether oxygens (including phenoxy) is 6. The second-order valence-corrected chi connectivity index (χ2v) is 23.3. The quantitative estimate of drug-likeness (QED) is 0.0271. The van der Waals surface area contributed by atoms with Crippen molar-refractivity contribution >= 4 is 110 Å². The highest BCUT2D eigenvalue weighted by atomic mass is 16.5. The average Bonchev–Trinajstić information content (AvgIpc) is 0.884. The number of hydrogen-bond acceptors (Lipinski definition) is 10. The number of benzene rings is 12. The predicted molar refractivity (Wildman–Crippen MR) is 360 cm³/mol. The van der Waals surface area contributed by atoms with Gasteiger partial charge in [0.05, 0.1) is 30.8 Å². The van der Waals surface area contributed by atoms with Crippen LogP contribution in [0.3, 0.4) is 0 Å². The highest BCUT2D eigenvalue weighted by Gasteiger charge is 2.58. The van der Waals surface area contributed by atoms with Gasteiger partial charge in [0.15, 0.2) is 0 Å². The summed E-state index contributed by atoms with van der Waals surface area (Å²) < 4.78 is 39.9. The van der Waals surface area contributed by atoms with Crippen LogP contribution in [-0.2, 0) is 60.8 Å². The Morgan fingerprint density at radius 3 is 0.890 bits per heavy atom. The van der Waals surface area contributed by atoms with Gasteiger partial charge in [-0.2, -0.15) is 0 Å². The summed E-state index contributed by atoms with van der Waals surface area (Å²) in [5.74, 6) is -6.37. The van der Waals surface area contributed by atoms with Crippen molar-refractivity contribution in [3.63, 3.8) is 0 Å². The topological polar surface area (TPSA) is 164 Å². The molecule has 0 fully saturated rings. The molecule has 460 valence electrons. The first-order chi connectivity index (χ1) is 44.6. The van der Waals surface area contributed by atoms with Gasteiger partial charge in [-0.15, -0.1) is 0 Å². The number of carboxylic acid groups (broad SMARTS) is 2. The van der Waals surface area contributed by atoms with Gasteiger partial charge in [0.2, 0.25) is 0 Å². The van der Waals surface area contributed by atoms with Crippen LogP contribution in [0.5, 0.6) is 0 Å². The van der Waals surface area contributed by atoms with Crippen molar-refractivity contribution in [1.29, 1.82) is 0 Å². The predicted octanol–water partition coefficient (Wildman–Crippen LogP) is 16.8. The fraction of sp³-hybridized carbons (Fsp3) is 0.241. The Hall–Kier alpha value is -9.56. The number of carbonyl (C=O) groups is 4. The fourth-order valence-electron chi connectivity index (χ4n) is 13.8. The zero-order chi connectivity index (χ0) is 62.8. The molecular formula is C79H72O12. The number of hydrogen-bond donors (Lipinski definition) is 2. The SMILES string of the molecule is CCOC(C(C(=O)O)c1c2ccccc2cc2ccccc12)C(COCCCC(=O)OCc1c2ccccc2cc2ccccc12)(COCCCC(=O)OCc1c2ccccc2cc2ccccc12)C(OCC)C(C(=O)O)c1c2ccccc2cc2ccccc12. The minimum atomic E-state index is -1.82. The van der Waals surface area contributed by atoms with E-state index in [0.29, 0.717) is 32.7 Å². The van der Waals surface area contributed by atoms with Crippen molar-refractivity contribution in [1.82, 2.24) is 0 Å². The maximum absolute atomic E-state index is 15.0. The summed E-state index contributed by atoms with van der Waals surface area (Å²) in [5, 5.41) is 38.3. The fourth-order valence-corrected chi connectivity index (χ4v) is 13.8. The number of aliphatic carboxylic acids is 2. The van der Waals surface area contributed by atoms with Gasteiger partial charge < -0.3 is 38.6 Å². The van der Waals surface area contributed by atoms with Crippen LogP contribution in [0.25, 0.3) is 86.2 Å². The molecule has 0 bridgehead atoms. The largest absolute Gasteiger partial charge is 0.481 e. The van der Waals surface area contributed by atoms with E-state index in [9.17, 15) is 29.4 Å². The molecule has 0 aliphatic heterocycles. The maximum atomic E-state index is 15.0. The van der Waals surface area contributed by atoms with Crippen LogP contribution in [-0.4, -0.2) is 85.9 Å². The molecule has 0 aliphatic rings. The standard InChI is InChI=1S/C79H72O12/c1-3-88-75(73(77(82)83)71-63-35-17-9-27-55(63)45-56-28-10-18-36-64(56)71)79(76(89-4-2)74(78(84)85)72-65-37-19-11-29-57(65)46-58-30-12-20-38-66(58)72,49-86-41-21-39-69(80)90-47-67-59-31-13-5-23-51(59)43-52-24-6-14-32-60(52)67)50-87-42-22-40-70(81)91-48-68-61-33-15-7-25-53(61)44-54-26-8-16-34-62(54)68/h5-20,23-38,43-46,73-76H,3-4,21-22,39-42,47-50H2,1-2H3,(H,82,83)(H,84,85). The molecule has 0 heterocycles. The number of rotatable bonds is 28. The van der Waals surface area contributed by atoms with E-state index in [1.165, 1.54) is 0 Å². The third-order valence-corrected chi connectivity index (χ3v) is 17.8. The van der Waals surface area contributed by atoms with Crippen LogP contribution < -0.4 is 0 Å². The van der Waals surface area contributed by atoms with Gasteiger partial charge in [0, 0.05) is 50.4 Å². The second-order valence-electron chi connectivity index (χ2n) is 23.3. The van der Waals surface area contributed by atoms with Crippen molar-refractivity contribution in [3.05, 3.63) is 241 Å². The van der Waals surface area contributed by atoms with Gasteiger partial charge in [0.1, 0.15) is 25.0 Å². The molecule has 0 spiro atoms. The Labute approximate surface area is 527 Å². The molecule has 0 aromatic heterocycles. The Morgan fingerprint density at radius 1 is 0.374 bits per heavy atom. The Balaban J connectivity index is 0.927. The van der Waals surface area contributed by atoms with Crippen molar-refractivity contribution < 1.29 is 57.8 Å². The highest BCUT2D eigenvalue weighted by molar-refractivity contribution is 6.08. The summed E-state index contributed by atoms with van der Waals surface area (Å²) in [6.07, 6.45) is -2.55. The van der Waals surface area contributed by atoms with Crippen LogP contribution in [0.1, 0.15) is 73.6 Å². The van der Waals surface area contributed by atoms with E-state index < -0.39 is 53.3 Å². The molecule has 12 rings (SSSR count). The van der Waals surface area contributed by atoms with Crippen LogP contribution in [0.15, 0.2) is 218 Å². The lowest BCUT2D eigenvalue weighted by Crippen LogP contribution is -2.60. The number of fused-ring (bicyclic) bond motifs is 8. The maximum Gasteiger partial charge on any atom is 0.313 e. The Morgan fingerprint density at radius 2 is 0.626 bits per heavy atom. The van der Waals surface area contributed by atoms with Gasteiger partial charge in [-0.25, -0.2) is 0 Å². The van der Waals surface area contributed by atoms with Gasteiger partial charge in [-0.1, -0.05) is 194 Å². The van der Waals surface area contributed by atoms with E-state index >= 15 is 0 Å². The lowest BCUT2D eigenvalue weighted by Gasteiger charge is -2.49. The molecule has 4 unspecified atom stereocenters. The molecule has 4 atom stereocenters. The van der Waals surface area contributed by atoms with Crippen LogP contribution in [0, 0.1) is 5.41 Å². The van der Waals surface area contributed by atoms with Crippen LogP contribution >= 0.6 is 0 Å². The summed E-state index contributed by atoms with van der Waals surface area (Å²) in [6.45, 7) is 2.84. The van der Waals surface area contributed by atoms with E-state index in [-0.39, 0.29) is 78.5 Å². The summed E-state index contributed by atoms with van der Waals surface area (Å²) >= 11 is 0. The Bertz CT molecular complexity index is 4140. The van der Waals surface area contributed by atoms with Gasteiger partial charge >= 0.3 is 23.9 Å². The van der Waals surface area contributed by atoms with Crippen molar-refractivity contribution in [2.75, 3.05) is 39.6 Å². The second kappa shape index (κ2) is 28.1. The molecule has 91 heavy (non-hydrogen) atoms. The van der Waals surface area contributed by atoms with Gasteiger partial charge in [-0.3, -0.25) is 19.2 Å². The van der Waals surface area contributed by atoms with E-state index in [2.05, 4.69) is 12.1 Å². The highest BCUT2D eigenvalue weighted by Crippen LogP contribution is 2.50. The summed E-state index contributed by atoms with van der Waals surface area (Å²) in [6, 6.07) is 70.9. The molecule has 0 saturated carbocycles. The number of esters is 2.